The molecule has 4 aromatic rings. The maximum atomic E-state index is 6.49. The van der Waals surface area contributed by atoms with Crippen LogP contribution in [0.2, 0.25) is 0 Å². The van der Waals surface area contributed by atoms with E-state index in [1.54, 1.807) is 24.8 Å². The van der Waals surface area contributed by atoms with Gasteiger partial charge in [0.1, 0.15) is 5.69 Å². The normalized spacial score (nSPS) is 11.5. The van der Waals surface area contributed by atoms with Crippen molar-refractivity contribution in [3.63, 3.8) is 0 Å². The van der Waals surface area contributed by atoms with E-state index in [0.717, 1.165) is 18.1 Å². The van der Waals surface area contributed by atoms with Gasteiger partial charge in [-0.2, -0.15) is 0 Å². The van der Waals surface area contributed by atoms with Gasteiger partial charge >= 0.3 is 0 Å². The van der Waals surface area contributed by atoms with Gasteiger partial charge in [-0.15, -0.1) is 5.16 Å². The van der Waals surface area contributed by atoms with E-state index in [2.05, 4.69) is 87.9 Å². The highest BCUT2D eigenvalue weighted by Gasteiger charge is 2.39. The van der Waals surface area contributed by atoms with E-state index in [1.165, 1.54) is 16.7 Å². The lowest BCUT2D eigenvalue weighted by atomic mass is 10.2. The van der Waals surface area contributed by atoms with Gasteiger partial charge in [0.2, 0.25) is 0 Å². The Morgan fingerprint density at radius 1 is 0.677 bits per heavy atom. The number of rotatable bonds is 9. The van der Waals surface area contributed by atoms with Crippen LogP contribution >= 0.6 is 0 Å². The van der Waals surface area contributed by atoms with Crippen molar-refractivity contribution >= 4 is 14.5 Å². The molecule has 0 fully saturated rings. The molecule has 0 bridgehead atoms. The zero-order valence-corrected chi connectivity index (χ0v) is 18.3. The molecule has 3 aromatic carbocycles. The van der Waals surface area contributed by atoms with Gasteiger partial charge in [0.05, 0.1) is 12.4 Å². The molecule has 0 unspecified atom stereocenters. The molecule has 0 aliphatic heterocycles. The van der Waals surface area contributed by atoms with Gasteiger partial charge in [0, 0.05) is 30.5 Å². The first-order valence-corrected chi connectivity index (χ1v) is 12.9. The quantitative estimate of drug-likeness (QED) is 0.213. The lowest BCUT2D eigenvalue weighted by Gasteiger charge is -2.29. The summed E-state index contributed by atoms with van der Waals surface area (Å²) in [6.45, 7) is 0. The van der Waals surface area contributed by atoms with Crippen molar-refractivity contribution in [2.75, 3.05) is 0 Å². The Morgan fingerprint density at radius 2 is 1.16 bits per heavy atom. The van der Waals surface area contributed by atoms with Crippen LogP contribution in [-0.2, 0) is 22.7 Å². The fourth-order valence-corrected chi connectivity index (χ4v) is 7.54. The van der Waals surface area contributed by atoms with E-state index in [9.17, 15) is 0 Å². The predicted octanol–water partition coefficient (Wildman–Crippen LogP) is 5.12. The fraction of sp³-hybridized carbons (Fsp3) is 0.115. The Balaban J connectivity index is 1.69. The number of aromatic nitrogens is 2. The minimum absolute atomic E-state index is 0.685. The maximum Gasteiger partial charge on any atom is 0.300 e. The predicted molar refractivity (Wildman–Crippen MR) is 127 cm³/mol. The van der Waals surface area contributed by atoms with Crippen molar-refractivity contribution < 1.29 is 4.53 Å². The maximum absolute atomic E-state index is 6.49. The second-order valence-electron chi connectivity index (χ2n) is 7.63. The van der Waals surface area contributed by atoms with E-state index in [-0.39, 0.29) is 0 Å². The van der Waals surface area contributed by atoms with Crippen LogP contribution in [0.5, 0.6) is 0 Å². The van der Waals surface area contributed by atoms with Crippen molar-refractivity contribution in [1.29, 1.82) is 0 Å². The van der Waals surface area contributed by atoms with Crippen LogP contribution in [0, 0.1) is 0 Å². The zero-order valence-electron chi connectivity index (χ0n) is 17.3. The van der Waals surface area contributed by atoms with Crippen LogP contribution in [0.15, 0.2) is 115 Å². The molecule has 1 aromatic heterocycles. The van der Waals surface area contributed by atoms with Crippen LogP contribution < -0.4 is 0 Å². The molecule has 4 nitrogen and oxygen atoms in total. The van der Waals surface area contributed by atoms with Crippen LogP contribution in [0.3, 0.4) is 0 Å². The minimum Gasteiger partial charge on any atom is -0.454 e. The highest BCUT2D eigenvalue weighted by molar-refractivity contribution is 6.72. The van der Waals surface area contributed by atoms with Crippen molar-refractivity contribution in [1.82, 2.24) is 9.97 Å². The second kappa shape index (κ2) is 10.5. The van der Waals surface area contributed by atoms with Gasteiger partial charge in [-0.25, -0.2) is 0 Å². The molecule has 0 aliphatic rings. The summed E-state index contributed by atoms with van der Waals surface area (Å²) in [4.78, 5) is 8.38. The van der Waals surface area contributed by atoms with E-state index < -0.39 is 8.32 Å². The summed E-state index contributed by atoms with van der Waals surface area (Å²) in [5.41, 5.74) is 4.51. The molecular formula is C26H25N3OSi. The molecule has 1 heterocycles. The average Bonchev–Trinajstić information content (AvgIpc) is 2.82. The third-order valence-corrected chi connectivity index (χ3v) is 8.77. The average molecular weight is 424 g/mol. The minimum atomic E-state index is -2.42. The highest BCUT2D eigenvalue weighted by Crippen LogP contribution is 2.24. The highest BCUT2D eigenvalue weighted by atomic mass is 28.4. The largest absolute Gasteiger partial charge is 0.454 e. The molecule has 31 heavy (non-hydrogen) atoms. The first kappa shape index (κ1) is 20.7. The van der Waals surface area contributed by atoms with Gasteiger partial charge in [0.25, 0.3) is 8.32 Å². The number of hydrogen-bond acceptors (Lipinski definition) is 4. The summed E-state index contributed by atoms with van der Waals surface area (Å²) in [5, 5.41) is 4.44. The molecule has 0 aliphatic carbocycles. The van der Waals surface area contributed by atoms with Crippen molar-refractivity contribution in [3.05, 3.63) is 132 Å². The number of nitrogens with zero attached hydrogens (tertiary/aromatic N) is 3. The van der Waals surface area contributed by atoms with Crippen molar-refractivity contribution in [2.24, 2.45) is 5.16 Å². The van der Waals surface area contributed by atoms with E-state index >= 15 is 0 Å². The topological polar surface area (TPSA) is 47.4 Å². The van der Waals surface area contributed by atoms with Crippen molar-refractivity contribution in [2.45, 2.75) is 18.1 Å². The summed E-state index contributed by atoms with van der Waals surface area (Å²) < 4.78 is 6.49. The van der Waals surface area contributed by atoms with Crippen LogP contribution in [0.25, 0.3) is 0 Å². The second-order valence-corrected chi connectivity index (χ2v) is 11.2. The summed E-state index contributed by atoms with van der Waals surface area (Å²) in [5.74, 6) is 0. The molecule has 5 heteroatoms. The summed E-state index contributed by atoms with van der Waals surface area (Å²) in [6, 6.07) is 34.3. The van der Waals surface area contributed by atoms with Gasteiger partial charge in [-0.05, 0) is 16.7 Å². The Hall–Kier alpha value is -3.57. The van der Waals surface area contributed by atoms with Crippen LogP contribution in [-0.4, -0.2) is 24.5 Å². The molecular weight excluding hydrogens is 398 g/mol. The Morgan fingerprint density at radius 3 is 1.58 bits per heavy atom. The van der Waals surface area contributed by atoms with Crippen LogP contribution in [0.4, 0.5) is 0 Å². The lowest BCUT2D eigenvalue weighted by Crippen LogP contribution is -2.46. The van der Waals surface area contributed by atoms with Crippen molar-refractivity contribution in [3.8, 4) is 0 Å². The molecule has 0 saturated heterocycles. The van der Waals surface area contributed by atoms with E-state index in [0.29, 0.717) is 5.69 Å². The monoisotopic (exact) mass is 423 g/mol. The first-order valence-electron chi connectivity index (χ1n) is 10.4. The smallest absolute Gasteiger partial charge is 0.300 e. The summed E-state index contributed by atoms with van der Waals surface area (Å²) >= 11 is 0. The summed E-state index contributed by atoms with van der Waals surface area (Å²) in [6.07, 6.45) is 6.65. The Labute approximate surface area is 184 Å². The van der Waals surface area contributed by atoms with E-state index in [1.807, 2.05) is 18.2 Å². The standard InChI is InChI=1S/C26H25N3OSi/c1-4-10-23(11-5-1)20-31(21-24-12-6-2-7-13-24,22-25-14-8-3-9-15-25)30-29-19-26-18-27-16-17-28-26/h1-19H,20-22H2/b29-19+. The third-order valence-electron chi connectivity index (χ3n) is 5.12. The Kier molecular flexibility index (Phi) is 6.98. The molecule has 0 atom stereocenters. The summed E-state index contributed by atoms with van der Waals surface area (Å²) in [7, 11) is -2.42. The number of benzene rings is 3. The third kappa shape index (κ3) is 6.20. The van der Waals surface area contributed by atoms with Gasteiger partial charge in [-0.3, -0.25) is 9.97 Å². The van der Waals surface area contributed by atoms with Crippen LogP contribution in [0.1, 0.15) is 22.4 Å². The van der Waals surface area contributed by atoms with Gasteiger partial charge < -0.3 is 4.53 Å². The van der Waals surface area contributed by atoms with E-state index in [4.69, 9.17) is 4.53 Å². The molecule has 4 rings (SSSR count). The Bertz CT molecular complexity index is 973. The molecule has 0 saturated carbocycles. The fourth-order valence-electron chi connectivity index (χ4n) is 3.76. The molecule has 0 radical (unpaired) electrons. The number of oxime groups is 1. The number of hydrogen-bond donors (Lipinski definition) is 0. The molecule has 0 spiro atoms. The first-order chi connectivity index (χ1) is 15.3. The molecule has 0 N–H and O–H groups in total. The molecule has 0 amide bonds. The molecule has 154 valence electrons. The SMILES string of the molecule is C(=N\O[Si](Cc1ccccc1)(Cc1ccccc1)Cc1ccccc1)/c1cnccn1. The van der Waals surface area contributed by atoms with Gasteiger partial charge in [0.15, 0.2) is 0 Å². The van der Waals surface area contributed by atoms with Gasteiger partial charge in [-0.1, -0.05) is 91.0 Å². The lowest BCUT2D eigenvalue weighted by molar-refractivity contribution is 0.319. The zero-order chi connectivity index (χ0) is 21.2.